The number of carboxylic acid groups (broad SMARTS) is 1. The van der Waals surface area contributed by atoms with E-state index in [9.17, 15) is 4.79 Å². The molecule has 1 rings (SSSR count). The van der Waals surface area contributed by atoms with Crippen LogP contribution in [0.15, 0.2) is 0 Å². The third-order valence-corrected chi connectivity index (χ3v) is 1.97. The number of hydrogen-bond acceptors (Lipinski definition) is 2. The quantitative estimate of drug-likeness (QED) is 0.623. The third-order valence-electron chi connectivity index (χ3n) is 1.97. The second-order valence-corrected chi connectivity index (χ2v) is 2.66. The van der Waals surface area contributed by atoms with E-state index in [1.165, 1.54) is 4.90 Å². The molecule has 0 aromatic carbocycles. The van der Waals surface area contributed by atoms with Crippen LogP contribution >= 0.6 is 0 Å². The molecule has 4 nitrogen and oxygen atoms in total. The van der Waals surface area contributed by atoms with Crippen molar-refractivity contribution in [1.29, 1.82) is 0 Å². The Kier molecular flexibility index (Phi) is 2.70. The van der Waals surface area contributed by atoms with E-state index >= 15 is 0 Å². The van der Waals surface area contributed by atoms with E-state index in [0.717, 1.165) is 19.3 Å². The summed E-state index contributed by atoms with van der Waals surface area (Å²) in [5.74, 6) is 0. The number of likely N-dealkylation sites (tertiary alicyclic amines) is 1. The van der Waals surface area contributed by atoms with Crippen molar-refractivity contribution in [3.8, 4) is 0 Å². The molecule has 0 saturated carbocycles. The van der Waals surface area contributed by atoms with E-state index in [-0.39, 0.29) is 6.23 Å². The Hall–Kier alpha value is -0.770. The molecule has 1 N–H and O–H groups in total. The second-order valence-electron chi connectivity index (χ2n) is 2.66. The van der Waals surface area contributed by atoms with E-state index in [1.807, 2.05) is 0 Å². The highest BCUT2D eigenvalue weighted by Crippen LogP contribution is 2.16. The molecule has 1 unspecified atom stereocenters. The van der Waals surface area contributed by atoms with Crippen LogP contribution in [0.2, 0.25) is 0 Å². The highest BCUT2D eigenvalue weighted by Gasteiger charge is 2.25. The van der Waals surface area contributed by atoms with E-state index < -0.39 is 6.09 Å². The molecule has 1 aliphatic heterocycles. The summed E-state index contributed by atoms with van der Waals surface area (Å²) in [4.78, 5) is 11.9. The van der Waals surface area contributed by atoms with Crippen LogP contribution in [0.1, 0.15) is 19.3 Å². The molecule has 1 amide bonds. The van der Waals surface area contributed by atoms with Gasteiger partial charge >= 0.3 is 6.09 Å². The Morgan fingerprint density at radius 2 is 2.36 bits per heavy atom. The van der Waals surface area contributed by atoms with Gasteiger partial charge in [0.15, 0.2) is 0 Å². The number of piperidine rings is 1. The summed E-state index contributed by atoms with van der Waals surface area (Å²) >= 11 is 0. The number of amides is 1. The van der Waals surface area contributed by atoms with Crippen LogP contribution in [0.4, 0.5) is 4.79 Å². The van der Waals surface area contributed by atoms with Gasteiger partial charge in [0.25, 0.3) is 0 Å². The molecule has 0 radical (unpaired) electrons. The van der Waals surface area contributed by atoms with Crippen molar-refractivity contribution >= 4 is 6.09 Å². The molecule has 1 saturated heterocycles. The number of nitrogens with zero attached hydrogens (tertiary/aromatic N) is 1. The van der Waals surface area contributed by atoms with Crippen molar-refractivity contribution in [3.05, 3.63) is 0 Å². The highest BCUT2D eigenvalue weighted by atomic mass is 16.5. The molecule has 0 aliphatic carbocycles. The minimum atomic E-state index is -0.878. The van der Waals surface area contributed by atoms with Crippen molar-refractivity contribution in [2.45, 2.75) is 25.5 Å². The smallest absolute Gasteiger partial charge is 0.409 e. The van der Waals surface area contributed by atoms with Crippen LogP contribution in [0.3, 0.4) is 0 Å². The van der Waals surface area contributed by atoms with Crippen molar-refractivity contribution in [2.24, 2.45) is 0 Å². The average Bonchev–Trinajstić information content (AvgIpc) is 2.04. The Labute approximate surface area is 65.8 Å². The fraction of sp³-hybridized carbons (Fsp3) is 0.857. The minimum absolute atomic E-state index is 0.221. The van der Waals surface area contributed by atoms with Gasteiger partial charge in [0, 0.05) is 13.7 Å². The first-order chi connectivity index (χ1) is 5.25. The lowest BCUT2D eigenvalue weighted by molar-refractivity contribution is -0.0418. The fourth-order valence-electron chi connectivity index (χ4n) is 1.36. The minimum Gasteiger partial charge on any atom is -0.465 e. The number of methoxy groups -OCH3 is 1. The van der Waals surface area contributed by atoms with Gasteiger partial charge < -0.3 is 9.84 Å². The van der Waals surface area contributed by atoms with Gasteiger partial charge in [-0.1, -0.05) is 0 Å². The topological polar surface area (TPSA) is 49.8 Å². The van der Waals surface area contributed by atoms with Crippen LogP contribution in [-0.4, -0.2) is 36.0 Å². The first-order valence-electron chi connectivity index (χ1n) is 3.78. The Balaban J connectivity index is 2.51. The van der Waals surface area contributed by atoms with Gasteiger partial charge in [-0.25, -0.2) is 4.79 Å². The van der Waals surface area contributed by atoms with E-state index in [1.54, 1.807) is 7.11 Å². The molecule has 0 bridgehead atoms. The zero-order valence-corrected chi connectivity index (χ0v) is 6.62. The van der Waals surface area contributed by atoms with Gasteiger partial charge in [0.05, 0.1) is 0 Å². The standard InChI is InChI=1S/C7H13NO3/c1-11-6-4-2-3-5-8(6)7(9)10/h6H,2-5H2,1H3,(H,9,10). The van der Waals surface area contributed by atoms with Gasteiger partial charge in [-0.3, -0.25) is 4.90 Å². The average molecular weight is 159 g/mol. The van der Waals surface area contributed by atoms with Crippen molar-refractivity contribution < 1.29 is 14.6 Å². The number of rotatable bonds is 1. The molecule has 1 heterocycles. The molecule has 0 aromatic rings. The largest absolute Gasteiger partial charge is 0.465 e. The zero-order valence-electron chi connectivity index (χ0n) is 6.62. The lowest BCUT2D eigenvalue weighted by Crippen LogP contribution is -2.43. The second kappa shape index (κ2) is 3.57. The molecule has 1 atom stereocenters. The molecule has 0 aromatic heterocycles. The maximum Gasteiger partial charge on any atom is 0.409 e. The zero-order chi connectivity index (χ0) is 8.27. The van der Waals surface area contributed by atoms with E-state index in [4.69, 9.17) is 9.84 Å². The highest BCUT2D eigenvalue weighted by molar-refractivity contribution is 5.65. The summed E-state index contributed by atoms with van der Waals surface area (Å²) in [5.41, 5.74) is 0. The Bertz CT molecular complexity index is 149. The van der Waals surface area contributed by atoms with Crippen LogP contribution in [-0.2, 0) is 4.74 Å². The molecule has 1 fully saturated rings. The molecule has 64 valence electrons. The van der Waals surface area contributed by atoms with Crippen LogP contribution in [0, 0.1) is 0 Å². The van der Waals surface area contributed by atoms with E-state index in [2.05, 4.69) is 0 Å². The van der Waals surface area contributed by atoms with Gasteiger partial charge in [-0.05, 0) is 19.3 Å². The monoisotopic (exact) mass is 159 g/mol. The first kappa shape index (κ1) is 8.33. The Morgan fingerprint density at radius 1 is 1.64 bits per heavy atom. The predicted octanol–water partition coefficient (Wildman–Crippen LogP) is 1.12. The SMILES string of the molecule is COC1CCCCN1C(=O)O. The summed E-state index contributed by atoms with van der Waals surface area (Å²) in [6.07, 6.45) is 1.73. The number of ether oxygens (including phenoxy) is 1. The predicted molar refractivity (Wildman–Crippen MR) is 39.4 cm³/mol. The van der Waals surface area contributed by atoms with Crippen molar-refractivity contribution in [2.75, 3.05) is 13.7 Å². The van der Waals surface area contributed by atoms with Crippen molar-refractivity contribution in [3.63, 3.8) is 0 Å². The lowest BCUT2D eigenvalue weighted by atomic mass is 10.1. The van der Waals surface area contributed by atoms with Gasteiger partial charge in [0.2, 0.25) is 0 Å². The summed E-state index contributed by atoms with van der Waals surface area (Å²) in [7, 11) is 1.55. The normalized spacial score (nSPS) is 25.2. The van der Waals surface area contributed by atoms with Crippen LogP contribution in [0.25, 0.3) is 0 Å². The van der Waals surface area contributed by atoms with Gasteiger partial charge in [-0.15, -0.1) is 0 Å². The van der Waals surface area contributed by atoms with Gasteiger partial charge in [0.1, 0.15) is 6.23 Å². The van der Waals surface area contributed by atoms with Crippen LogP contribution < -0.4 is 0 Å². The molecule has 11 heavy (non-hydrogen) atoms. The van der Waals surface area contributed by atoms with Crippen LogP contribution in [0.5, 0.6) is 0 Å². The molecular weight excluding hydrogens is 146 g/mol. The van der Waals surface area contributed by atoms with Gasteiger partial charge in [-0.2, -0.15) is 0 Å². The number of carbonyl (C=O) groups is 1. The van der Waals surface area contributed by atoms with Crippen molar-refractivity contribution in [1.82, 2.24) is 4.90 Å². The maximum absolute atomic E-state index is 10.6. The first-order valence-corrected chi connectivity index (χ1v) is 3.78. The lowest BCUT2D eigenvalue weighted by Gasteiger charge is -2.31. The maximum atomic E-state index is 10.6. The summed E-state index contributed by atoms with van der Waals surface area (Å²) < 4.78 is 5.01. The molecule has 4 heteroatoms. The van der Waals surface area contributed by atoms with E-state index in [0.29, 0.717) is 6.54 Å². The Morgan fingerprint density at radius 3 is 2.82 bits per heavy atom. The fourth-order valence-corrected chi connectivity index (χ4v) is 1.36. The molecule has 0 spiro atoms. The molecular formula is C7H13NO3. The summed E-state index contributed by atoms with van der Waals surface area (Å²) in [5, 5.41) is 8.69. The summed E-state index contributed by atoms with van der Waals surface area (Å²) in [6, 6.07) is 0. The summed E-state index contributed by atoms with van der Waals surface area (Å²) in [6.45, 7) is 0.605. The molecule has 1 aliphatic rings. The third kappa shape index (κ3) is 1.83. The number of hydrogen-bond donors (Lipinski definition) is 1.